The van der Waals surface area contributed by atoms with Gasteiger partial charge in [0, 0.05) is 6.61 Å². The molecule has 0 aromatic heterocycles. The van der Waals surface area contributed by atoms with Crippen molar-refractivity contribution in [3.05, 3.63) is 0 Å². The lowest BCUT2D eigenvalue weighted by atomic mass is 10.3. The second-order valence-corrected chi connectivity index (χ2v) is 5.74. The van der Waals surface area contributed by atoms with Crippen LogP contribution in [-0.2, 0) is 4.43 Å². The van der Waals surface area contributed by atoms with Crippen molar-refractivity contribution in [2.75, 3.05) is 6.61 Å². The zero-order valence-corrected chi connectivity index (χ0v) is 8.24. The van der Waals surface area contributed by atoms with E-state index in [1.54, 1.807) is 0 Å². The van der Waals surface area contributed by atoms with Gasteiger partial charge in [-0.15, -0.1) is 22.2 Å². The Hall–Kier alpha value is 0.757. The Morgan fingerprint density at radius 2 is 2.00 bits per heavy atom. The lowest BCUT2D eigenvalue weighted by Gasteiger charge is -2.00. The predicted octanol–water partition coefficient (Wildman–Crippen LogP) is 2.39. The fraction of sp³-hybridized carbons (Fsp3) is 1.00. The van der Waals surface area contributed by atoms with E-state index in [0.29, 0.717) is 0 Å². The lowest BCUT2D eigenvalue weighted by Crippen LogP contribution is -2.02. The first-order valence-electron chi connectivity index (χ1n) is 3.17. The van der Waals surface area contributed by atoms with Gasteiger partial charge in [0.05, 0.1) is 0 Å². The van der Waals surface area contributed by atoms with E-state index in [9.17, 15) is 0 Å². The van der Waals surface area contributed by atoms with Crippen molar-refractivity contribution in [3.63, 3.8) is 0 Å². The van der Waals surface area contributed by atoms with Crippen LogP contribution in [-0.4, -0.2) is 14.3 Å². The molecule has 0 radical (unpaired) electrons. The normalized spacial score (nSPS) is 10.7. The van der Waals surface area contributed by atoms with Crippen LogP contribution in [0, 0.1) is 0 Å². The van der Waals surface area contributed by atoms with Gasteiger partial charge >= 0.3 is 7.66 Å². The first kappa shape index (κ1) is 9.76. The Balaban J connectivity index is 2.75. The van der Waals surface area contributed by atoms with Crippen molar-refractivity contribution >= 4 is 29.8 Å². The first-order chi connectivity index (χ1) is 4.27. The van der Waals surface area contributed by atoms with Crippen molar-refractivity contribution in [1.29, 1.82) is 0 Å². The Bertz CT molecular complexity index is 60.9. The van der Waals surface area contributed by atoms with Crippen LogP contribution in [0.25, 0.3) is 0 Å². The Labute approximate surface area is 67.4 Å². The average Bonchev–Trinajstić information content (AvgIpc) is 1.80. The average molecular weight is 187 g/mol. The van der Waals surface area contributed by atoms with Crippen LogP contribution in [0.15, 0.2) is 0 Å². The molecule has 0 rings (SSSR count). The summed E-state index contributed by atoms with van der Waals surface area (Å²) in [5.74, 6) is 0. The number of rotatable bonds is 5. The predicted molar refractivity (Wildman–Crippen MR) is 44.3 cm³/mol. The van der Waals surface area contributed by atoms with Crippen molar-refractivity contribution in [1.82, 2.24) is 0 Å². The van der Waals surface area contributed by atoms with Crippen molar-refractivity contribution in [3.8, 4) is 0 Å². The molecule has 0 spiro atoms. The molecule has 1 nitrogen and oxygen atoms in total. The lowest BCUT2D eigenvalue weighted by molar-refractivity contribution is 0.327. The molecular weight excluding hydrogens is 175 g/mol. The molecule has 0 heterocycles. The van der Waals surface area contributed by atoms with Gasteiger partial charge in [0.15, 0.2) is 0 Å². The van der Waals surface area contributed by atoms with E-state index in [4.69, 9.17) is 26.6 Å². The van der Waals surface area contributed by atoms with Gasteiger partial charge < -0.3 is 4.43 Å². The number of halogens is 2. The van der Waals surface area contributed by atoms with Crippen LogP contribution in [0.4, 0.5) is 0 Å². The van der Waals surface area contributed by atoms with Gasteiger partial charge in [-0.3, -0.25) is 0 Å². The molecule has 0 aromatic carbocycles. The maximum atomic E-state index is 5.44. The molecule has 56 valence electrons. The molecule has 0 aliphatic rings. The Morgan fingerprint density at radius 1 is 1.33 bits per heavy atom. The van der Waals surface area contributed by atoms with Crippen LogP contribution in [0.3, 0.4) is 0 Å². The minimum atomic E-state index is -1.77. The third-order valence-corrected chi connectivity index (χ3v) is 2.24. The summed E-state index contributed by atoms with van der Waals surface area (Å²) in [7, 11) is -1.77. The smallest absolute Gasteiger partial charge is 0.373 e. The molecule has 0 saturated carbocycles. The molecule has 0 N–H and O–H groups in total. The van der Waals surface area contributed by atoms with Crippen molar-refractivity contribution < 1.29 is 4.43 Å². The van der Waals surface area contributed by atoms with Crippen LogP contribution < -0.4 is 0 Å². The fourth-order valence-electron chi connectivity index (χ4n) is 0.524. The van der Waals surface area contributed by atoms with Gasteiger partial charge in [-0.05, 0) is 6.42 Å². The van der Waals surface area contributed by atoms with Gasteiger partial charge in [-0.25, -0.2) is 0 Å². The molecule has 0 saturated heterocycles. The van der Waals surface area contributed by atoms with Gasteiger partial charge in [-0.2, -0.15) is 0 Å². The highest BCUT2D eigenvalue weighted by Crippen LogP contribution is 2.00. The van der Waals surface area contributed by atoms with Crippen LogP contribution in [0.5, 0.6) is 0 Å². The highest BCUT2D eigenvalue weighted by atomic mass is 35.7. The minimum Gasteiger partial charge on any atom is -0.395 e. The number of unbranched alkanes of at least 4 members (excludes halogenated alkanes) is 2. The second kappa shape index (κ2) is 6.87. The zero-order valence-electron chi connectivity index (χ0n) is 5.57. The SMILES string of the molecule is CCCCCO[SiH](Cl)Cl. The van der Waals surface area contributed by atoms with Crippen molar-refractivity contribution in [2.45, 2.75) is 26.2 Å². The standard InChI is InChI=1S/C5H12Cl2OSi/c1-2-3-4-5-8-9(6)7/h9H,2-5H2,1H3. The van der Waals surface area contributed by atoms with Crippen LogP contribution in [0.1, 0.15) is 26.2 Å². The molecular formula is C5H12Cl2OSi. The highest BCUT2D eigenvalue weighted by molar-refractivity contribution is 7.30. The fourth-order valence-corrected chi connectivity index (χ4v) is 1.40. The summed E-state index contributed by atoms with van der Waals surface area (Å²) < 4.78 is 5.01. The maximum Gasteiger partial charge on any atom is 0.373 e. The largest absolute Gasteiger partial charge is 0.395 e. The summed E-state index contributed by atoms with van der Waals surface area (Å²) in [6.45, 7) is 2.88. The monoisotopic (exact) mass is 186 g/mol. The highest BCUT2D eigenvalue weighted by Gasteiger charge is 1.99. The van der Waals surface area contributed by atoms with E-state index in [1.165, 1.54) is 12.8 Å². The summed E-state index contributed by atoms with van der Waals surface area (Å²) in [5.41, 5.74) is 0. The van der Waals surface area contributed by atoms with E-state index in [0.717, 1.165) is 13.0 Å². The summed E-state index contributed by atoms with van der Waals surface area (Å²) in [6, 6.07) is 0. The van der Waals surface area contributed by atoms with E-state index >= 15 is 0 Å². The molecule has 0 aromatic rings. The third-order valence-electron chi connectivity index (χ3n) is 0.992. The summed E-state index contributed by atoms with van der Waals surface area (Å²) in [6.07, 6.45) is 3.49. The van der Waals surface area contributed by atoms with Gasteiger partial charge in [0.25, 0.3) is 0 Å². The minimum absolute atomic E-state index is 0.734. The van der Waals surface area contributed by atoms with E-state index in [-0.39, 0.29) is 0 Å². The summed E-state index contributed by atoms with van der Waals surface area (Å²) in [5, 5.41) is 0. The molecule has 0 bridgehead atoms. The third kappa shape index (κ3) is 8.76. The van der Waals surface area contributed by atoms with Gasteiger partial charge in [-0.1, -0.05) is 19.8 Å². The number of hydrogen-bond donors (Lipinski definition) is 0. The zero-order chi connectivity index (χ0) is 7.11. The van der Waals surface area contributed by atoms with E-state index in [1.807, 2.05) is 0 Å². The Kier molecular flexibility index (Phi) is 7.45. The quantitative estimate of drug-likeness (QED) is 0.365. The number of hydrogen-bond acceptors (Lipinski definition) is 1. The van der Waals surface area contributed by atoms with E-state index < -0.39 is 7.66 Å². The first-order valence-corrected chi connectivity index (χ1v) is 7.13. The maximum absolute atomic E-state index is 5.44. The molecule has 0 aliphatic heterocycles. The Morgan fingerprint density at radius 3 is 2.44 bits per heavy atom. The summed E-state index contributed by atoms with van der Waals surface area (Å²) >= 11 is 10.9. The molecule has 0 amide bonds. The molecule has 0 atom stereocenters. The van der Waals surface area contributed by atoms with E-state index in [2.05, 4.69) is 6.92 Å². The summed E-state index contributed by atoms with van der Waals surface area (Å²) in [4.78, 5) is 0. The van der Waals surface area contributed by atoms with Crippen LogP contribution >= 0.6 is 22.2 Å². The second-order valence-electron chi connectivity index (χ2n) is 1.84. The molecule has 9 heavy (non-hydrogen) atoms. The topological polar surface area (TPSA) is 9.23 Å². The molecule has 0 unspecified atom stereocenters. The van der Waals surface area contributed by atoms with Crippen LogP contribution in [0.2, 0.25) is 0 Å². The van der Waals surface area contributed by atoms with Gasteiger partial charge in [0.2, 0.25) is 0 Å². The molecule has 4 heteroatoms. The van der Waals surface area contributed by atoms with Gasteiger partial charge in [0.1, 0.15) is 0 Å². The molecule has 0 fully saturated rings. The molecule has 0 aliphatic carbocycles. The van der Waals surface area contributed by atoms with Crippen molar-refractivity contribution in [2.24, 2.45) is 0 Å².